The van der Waals surface area contributed by atoms with Crippen molar-refractivity contribution >= 4 is 17.3 Å². The minimum Gasteiger partial charge on any atom is -0.395 e. The van der Waals surface area contributed by atoms with Gasteiger partial charge in [-0.1, -0.05) is 6.07 Å². The second-order valence-electron chi connectivity index (χ2n) is 4.90. The van der Waals surface area contributed by atoms with Crippen molar-refractivity contribution in [3.63, 3.8) is 0 Å². The van der Waals surface area contributed by atoms with Crippen LogP contribution in [0.3, 0.4) is 0 Å². The average Bonchev–Trinajstić information content (AvgIpc) is 2.43. The topological polar surface area (TPSA) is 64.6 Å². The van der Waals surface area contributed by atoms with Crippen LogP contribution >= 0.6 is 0 Å². The molecule has 0 aliphatic carbocycles. The molecule has 1 amide bonds. The zero-order valence-electron chi connectivity index (χ0n) is 11.4. The maximum Gasteiger partial charge on any atom is 0.256 e. The molecule has 1 aromatic carbocycles. The summed E-state index contributed by atoms with van der Waals surface area (Å²) in [6.45, 7) is 5.90. The Labute approximate surface area is 113 Å². The van der Waals surface area contributed by atoms with Gasteiger partial charge in [-0.25, -0.2) is 0 Å². The van der Waals surface area contributed by atoms with Gasteiger partial charge in [-0.3, -0.25) is 4.79 Å². The highest BCUT2D eigenvalue weighted by Gasteiger charge is 2.23. The Kier molecular flexibility index (Phi) is 4.27. The van der Waals surface area contributed by atoms with Gasteiger partial charge in [0.15, 0.2) is 0 Å². The number of benzene rings is 1. The summed E-state index contributed by atoms with van der Waals surface area (Å²) in [4.78, 5) is 14.3. The van der Waals surface area contributed by atoms with Crippen LogP contribution in [0, 0.1) is 0 Å². The lowest BCUT2D eigenvalue weighted by Crippen LogP contribution is -2.39. The van der Waals surface area contributed by atoms with E-state index in [0.29, 0.717) is 12.1 Å². The van der Waals surface area contributed by atoms with Crippen molar-refractivity contribution < 1.29 is 9.90 Å². The second-order valence-corrected chi connectivity index (χ2v) is 4.90. The fourth-order valence-electron chi connectivity index (χ4n) is 2.31. The molecule has 0 saturated carbocycles. The molecular formula is C14H21N3O2. The lowest BCUT2D eigenvalue weighted by Gasteiger charge is -2.29. The van der Waals surface area contributed by atoms with Crippen LogP contribution in [0.2, 0.25) is 0 Å². The summed E-state index contributed by atoms with van der Waals surface area (Å²) in [6, 6.07) is 5.73. The lowest BCUT2D eigenvalue weighted by molar-refractivity contribution is 0.0666. The van der Waals surface area contributed by atoms with Gasteiger partial charge in [0.05, 0.1) is 23.5 Å². The summed E-state index contributed by atoms with van der Waals surface area (Å²) < 4.78 is 0. The van der Waals surface area contributed by atoms with Crippen molar-refractivity contribution in [3.8, 4) is 0 Å². The van der Waals surface area contributed by atoms with Gasteiger partial charge in [0.25, 0.3) is 5.91 Å². The highest BCUT2D eigenvalue weighted by atomic mass is 16.3. The summed E-state index contributed by atoms with van der Waals surface area (Å²) in [6.07, 6.45) is 0. The molecule has 0 radical (unpaired) electrons. The number of hydrogen-bond donors (Lipinski definition) is 3. The highest BCUT2D eigenvalue weighted by molar-refractivity contribution is 6.03. The summed E-state index contributed by atoms with van der Waals surface area (Å²) in [5.74, 6) is -0.0444. The lowest BCUT2D eigenvalue weighted by atomic mass is 10.1. The van der Waals surface area contributed by atoms with Crippen molar-refractivity contribution in [1.29, 1.82) is 0 Å². The number of aliphatic hydroxyl groups is 1. The third-order valence-corrected chi connectivity index (χ3v) is 3.26. The summed E-state index contributed by atoms with van der Waals surface area (Å²) in [7, 11) is 0. The number of aliphatic hydroxyl groups excluding tert-OH is 1. The van der Waals surface area contributed by atoms with Crippen molar-refractivity contribution in [2.24, 2.45) is 0 Å². The molecule has 0 spiro atoms. The molecule has 1 aromatic rings. The fraction of sp³-hybridized carbons (Fsp3) is 0.500. The number of anilines is 2. The third kappa shape index (κ3) is 2.81. The molecule has 19 heavy (non-hydrogen) atoms. The van der Waals surface area contributed by atoms with E-state index in [4.69, 9.17) is 5.11 Å². The minimum atomic E-state index is -0.0444. The maximum atomic E-state index is 12.6. The molecule has 0 unspecified atom stereocenters. The molecular weight excluding hydrogens is 242 g/mol. The van der Waals surface area contributed by atoms with E-state index >= 15 is 0 Å². The van der Waals surface area contributed by atoms with Crippen molar-refractivity contribution in [1.82, 2.24) is 4.90 Å². The summed E-state index contributed by atoms with van der Waals surface area (Å²) >= 11 is 0. The quantitative estimate of drug-likeness (QED) is 0.767. The first-order valence-corrected chi connectivity index (χ1v) is 6.67. The normalized spacial score (nSPS) is 13.5. The van der Waals surface area contributed by atoms with Crippen LogP contribution in [0.1, 0.15) is 24.2 Å². The van der Waals surface area contributed by atoms with E-state index in [1.807, 2.05) is 32.0 Å². The molecule has 1 heterocycles. The van der Waals surface area contributed by atoms with Crippen LogP contribution in [0.25, 0.3) is 0 Å². The molecule has 0 fully saturated rings. The molecule has 0 atom stereocenters. The second kappa shape index (κ2) is 5.93. The monoisotopic (exact) mass is 263 g/mol. The summed E-state index contributed by atoms with van der Waals surface area (Å²) in [5, 5.41) is 15.6. The van der Waals surface area contributed by atoms with Gasteiger partial charge in [0, 0.05) is 25.7 Å². The zero-order valence-corrected chi connectivity index (χ0v) is 11.4. The SMILES string of the molecule is CC(C)N(CCO)C(=O)c1cccc2c1NCCN2. The van der Waals surface area contributed by atoms with E-state index in [-0.39, 0.29) is 18.6 Å². The van der Waals surface area contributed by atoms with E-state index < -0.39 is 0 Å². The Balaban J connectivity index is 2.32. The number of carbonyl (C=O) groups is 1. The van der Waals surface area contributed by atoms with Crippen LogP contribution in [-0.4, -0.2) is 48.2 Å². The zero-order chi connectivity index (χ0) is 13.8. The van der Waals surface area contributed by atoms with Crippen LogP contribution in [0.15, 0.2) is 18.2 Å². The number of carbonyl (C=O) groups excluding carboxylic acids is 1. The third-order valence-electron chi connectivity index (χ3n) is 3.26. The van der Waals surface area contributed by atoms with Gasteiger partial charge in [-0.2, -0.15) is 0 Å². The molecule has 3 N–H and O–H groups in total. The number of rotatable bonds is 4. The first-order valence-electron chi connectivity index (χ1n) is 6.67. The summed E-state index contributed by atoms with van der Waals surface area (Å²) in [5.41, 5.74) is 2.49. The van der Waals surface area contributed by atoms with E-state index in [2.05, 4.69) is 10.6 Å². The maximum absolute atomic E-state index is 12.6. The van der Waals surface area contributed by atoms with Gasteiger partial charge in [-0.15, -0.1) is 0 Å². The number of nitrogens with one attached hydrogen (secondary N) is 2. The molecule has 0 saturated heterocycles. The van der Waals surface area contributed by atoms with Gasteiger partial charge < -0.3 is 20.6 Å². The van der Waals surface area contributed by atoms with Crippen LogP contribution in [0.5, 0.6) is 0 Å². The predicted molar refractivity (Wildman–Crippen MR) is 76.7 cm³/mol. The number of para-hydroxylation sites is 1. The van der Waals surface area contributed by atoms with Gasteiger partial charge in [0.1, 0.15) is 0 Å². The Morgan fingerprint density at radius 1 is 1.37 bits per heavy atom. The highest BCUT2D eigenvalue weighted by Crippen LogP contribution is 2.29. The Morgan fingerprint density at radius 3 is 2.79 bits per heavy atom. The molecule has 1 aliphatic rings. The van der Waals surface area contributed by atoms with Crippen molar-refractivity contribution in [2.75, 3.05) is 36.9 Å². The fourth-order valence-corrected chi connectivity index (χ4v) is 2.31. The number of nitrogens with zero attached hydrogens (tertiary/aromatic N) is 1. The average molecular weight is 263 g/mol. The van der Waals surface area contributed by atoms with E-state index in [0.717, 1.165) is 24.5 Å². The first-order chi connectivity index (χ1) is 9.15. The van der Waals surface area contributed by atoms with Crippen LogP contribution in [0.4, 0.5) is 11.4 Å². The molecule has 5 heteroatoms. The Morgan fingerprint density at radius 2 is 2.11 bits per heavy atom. The Hall–Kier alpha value is -1.75. The smallest absolute Gasteiger partial charge is 0.256 e. The minimum absolute atomic E-state index is 0.0232. The molecule has 1 aliphatic heterocycles. The van der Waals surface area contributed by atoms with Gasteiger partial charge in [-0.05, 0) is 26.0 Å². The number of hydrogen-bond acceptors (Lipinski definition) is 4. The predicted octanol–water partition coefficient (Wildman–Crippen LogP) is 1.37. The number of amides is 1. The molecule has 0 bridgehead atoms. The largest absolute Gasteiger partial charge is 0.395 e. The van der Waals surface area contributed by atoms with Crippen molar-refractivity contribution in [3.05, 3.63) is 23.8 Å². The van der Waals surface area contributed by atoms with E-state index in [1.54, 1.807) is 4.90 Å². The molecule has 0 aromatic heterocycles. The van der Waals surface area contributed by atoms with Crippen LogP contribution in [-0.2, 0) is 0 Å². The van der Waals surface area contributed by atoms with Gasteiger partial charge >= 0.3 is 0 Å². The number of fused-ring (bicyclic) bond motifs is 1. The first kappa shape index (κ1) is 13.7. The molecule has 2 rings (SSSR count). The molecule has 104 valence electrons. The molecule has 5 nitrogen and oxygen atoms in total. The Bertz CT molecular complexity index is 460. The van der Waals surface area contributed by atoms with E-state index in [9.17, 15) is 4.79 Å². The van der Waals surface area contributed by atoms with Gasteiger partial charge in [0.2, 0.25) is 0 Å². The standard InChI is InChI=1S/C14H21N3O2/c1-10(2)17(8-9-18)14(19)11-4-3-5-12-13(11)16-7-6-15-12/h3-5,10,15-16,18H,6-9H2,1-2H3. The van der Waals surface area contributed by atoms with E-state index in [1.165, 1.54) is 0 Å². The van der Waals surface area contributed by atoms with Crippen molar-refractivity contribution in [2.45, 2.75) is 19.9 Å². The van der Waals surface area contributed by atoms with Crippen LogP contribution < -0.4 is 10.6 Å².